The lowest BCUT2D eigenvalue weighted by Crippen LogP contribution is -2.50. The Hall–Kier alpha value is -2.50. The van der Waals surface area contributed by atoms with E-state index in [9.17, 15) is 9.59 Å². The second kappa shape index (κ2) is 4.88. The summed E-state index contributed by atoms with van der Waals surface area (Å²) in [7, 11) is 0. The lowest BCUT2D eigenvalue weighted by atomic mass is 10.2. The van der Waals surface area contributed by atoms with Crippen LogP contribution >= 0.6 is 0 Å². The quantitative estimate of drug-likeness (QED) is 0.828. The van der Waals surface area contributed by atoms with Crippen LogP contribution in [0.3, 0.4) is 0 Å². The molecule has 6 nitrogen and oxygen atoms in total. The first kappa shape index (κ1) is 12.5. The Morgan fingerprint density at radius 3 is 2.35 bits per heavy atom. The zero-order chi connectivity index (χ0) is 14.1. The Labute approximate surface area is 115 Å². The Morgan fingerprint density at radius 2 is 1.70 bits per heavy atom. The molecule has 2 amide bonds. The molecule has 0 radical (unpaired) electrons. The molecule has 2 aromatic rings. The molecule has 1 aliphatic rings. The van der Waals surface area contributed by atoms with Crippen molar-refractivity contribution < 1.29 is 14.7 Å². The standard InChI is InChI=1S/C14H15N3O3/c18-13(16-5-7-17(8-6-16)14(19)20)12-9-10-3-1-2-4-11(10)15-12/h1-4,9,15H,5-8H2,(H,19,20). The normalized spacial score (nSPS) is 15.6. The number of nitrogens with zero attached hydrogens (tertiary/aromatic N) is 2. The molecule has 0 saturated carbocycles. The third-order valence-electron chi connectivity index (χ3n) is 3.60. The van der Waals surface area contributed by atoms with E-state index in [0.29, 0.717) is 31.9 Å². The molecule has 1 aliphatic heterocycles. The number of aromatic nitrogens is 1. The van der Waals surface area contributed by atoms with E-state index in [-0.39, 0.29) is 5.91 Å². The van der Waals surface area contributed by atoms with Crippen molar-refractivity contribution >= 4 is 22.9 Å². The number of para-hydroxylation sites is 1. The maximum absolute atomic E-state index is 12.4. The lowest BCUT2D eigenvalue weighted by Gasteiger charge is -2.32. The van der Waals surface area contributed by atoms with Gasteiger partial charge in [0.05, 0.1) is 0 Å². The van der Waals surface area contributed by atoms with E-state index in [4.69, 9.17) is 5.11 Å². The second-order valence-corrected chi connectivity index (χ2v) is 4.83. The topological polar surface area (TPSA) is 76.6 Å². The van der Waals surface area contributed by atoms with Crippen LogP contribution in [0.4, 0.5) is 4.79 Å². The average molecular weight is 273 g/mol. The van der Waals surface area contributed by atoms with Gasteiger partial charge in [-0.2, -0.15) is 0 Å². The van der Waals surface area contributed by atoms with Gasteiger partial charge in [0.15, 0.2) is 0 Å². The number of hydrogen-bond donors (Lipinski definition) is 2. The van der Waals surface area contributed by atoms with Crippen LogP contribution < -0.4 is 0 Å². The number of carbonyl (C=O) groups is 2. The van der Waals surface area contributed by atoms with Gasteiger partial charge in [-0.1, -0.05) is 18.2 Å². The van der Waals surface area contributed by atoms with Crippen LogP contribution in [0.25, 0.3) is 10.9 Å². The highest BCUT2D eigenvalue weighted by Gasteiger charge is 2.25. The maximum Gasteiger partial charge on any atom is 0.407 e. The van der Waals surface area contributed by atoms with E-state index >= 15 is 0 Å². The van der Waals surface area contributed by atoms with Gasteiger partial charge in [0.25, 0.3) is 5.91 Å². The van der Waals surface area contributed by atoms with Crippen molar-refractivity contribution in [1.29, 1.82) is 0 Å². The SMILES string of the molecule is O=C(O)N1CCN(C(=O)c2cc3ccccc3[nH]2)CC1. The van der Waals surface area contributed by atoms with E-state index in [1.807, 2.05) is 30.3 Å². The fraction of sp³-hybridized carbons (Fsp3) is 0.286. The Balaban J connectivity index is 1.75. The molecule has 3 rings (SSSR count). The first-order chi connectivity index (χ1) is 9.65. The number of amides is 2. The molecule has 1 saturated heterocycles. The van der Waals surface area contributed by atoms with Gasteiger partial charge in [-0.25, -0.2) is 4.79 Å². The summed E-state index contributed by atoms with van der Waals surface area (Å²) in [5, 5.41) is 9.89. The van der Waals surface area contributed by atoms with Gasteiger partial charge in [-0.3, -0.25) is 4.79 Å². The first-order valence-corrected chi connectivity index (χ1v) is 6.50. The van der Waals surface area contributed by atoms with E-state index in [1.54, 1.807) is 4.90 Å². The van der Waals surface area contributed by atoms with Gasteiger partial charge in [-0.05, 0) is 12.1 Å². The lowest BCUT2D eigenvalue weighted by molar-refractivity contribution is 0.0620. The predicted octanol–water partition coefficient (Wildman–Crippen LogP) is 1.60. The third kappa shape index (κ3) is 2.20. The number of rotatable bonds is 1. The number of carbonyl (C=O) groups excluding carboxylic acids is 1. The molecule has 0 bridgehead atoms. The van der Waals surface area contributed by atoms with Gasteiger partial charge in [0.1, 0.15) is 5.69 Å². The molecule has 1 aromatic heterocycles. The summed E-state index contributed by atoms with van der Waals surface area (Å²) < 4.78 is 0. The molecule has 6 heteroatoms. The number of carboxylic acid groups (broad SMARTS) is 1. The van der Waals surface area contributed by atoms with E-state index < -0.39 is 6.09 Å². The van der Waals surface area contributed by atoms with Gasteiger partial charge in [-0.15, -0.1) is 0 Å². The summed E-state index contributed by atoms with van der Waals surface area (Å²) in [6.45, 7) is 1.59. The number of aromatic amines is 1. The van der Waals surface area contributed by atoms with Crippen LogP contribution in [-0.4, -0.2) is 58.1 Å². The van der Waals surface area contributed by atoms with Crippen LogP contribution in [0, 0.1) is 0 Å². The first-order valence-electron chi connectivity index (χ1n) is 6.50. The Bertz CT molecular complexity index is 623. The van der Waals surface area contributed by atoms with Crippen LogP contribution in [0.2, 0.25) is 0 Å². The number of nitrogens with one attached hydrogen (secondary N) is 1. The highest BCUT2D eigenvalue weighted by Crippen LogP contribution is 2.16. The van der Waals surface area contributed by atoms with Gasteiger partial charge < -0.3 is 19.9 Å². The van der Waals surface area contributed by atoms with Gasteiger partial charge >= 0.3 is 6.09 Å². The summed E-state index contributed by atoms with van der Waals surface area (Å²) in [5.74, 6) is -0.0776. The van der Waals surface area contributed by atoms with Crippen molar-refractivity contribution in [3.05, 3.63) is 36.0 Å². The molecule has 2 N–H and O–H groups in total. The van der Waals surface area contributed by atoms with Crippen LogP contribution in [0.5, 0.6) is 0 Å². The van der Waals surface area contributed by atoms with Crippen LogP contribution in [0.1, 0.15) is 10.5 Å². The largest absolute Gasteiger partial charge is 0.465 e. The number of benzene rings is 1. The molecule has 0 atom stereocenters. The minimum Gasteiger partial charge on any atom is -0.465 e. The van der Waals surface area contributed by atoms with Crippen molar-refractivity contribution in [2.75, 3.05) is 26.2 Å². The van der Waals surface area contributed by atoms with Crippen molar-refractivity contribution in [2.45, 2.75) is 0 Å². The summed E-state index contributed by atoms with van der Waals surface area (Å²) in [5.41, 5.74) is 1.48. The number of piperazine rings is 1. The Kier molecular flexibility index (Phi) is 3.06. The van der Waals surface area contributed by atoms with Crippen molar-refractivity contribution in [3.63, 3.8) is 0 Å². The van der Waals surface area contributed by atoms with Crippen LogP contribution in [-0.2, 0) is 0 Å². The van der Waals surface area contributed by atoms with Crippen molar-refractivity contribution in [1.82, 2.24) is 14.8 Å². The Morgan fingerprint density at radius 1 is 1.05 bits per heavy atom. The van der Waals surface area contributed by atoms with Crippen molar-refractivity contribution in [3.8, 4) is 0 Å². The van der Waals surface area contributed by atoms with E-state index in [1.165, 1.54) is 4.90 Å². The fourth-order valence-corrected chi connectivity index (χ4v) is 2.46. The number of fused-ring (bicyclic) bond motifs is 1. The van der Waals surface area contributed by atoms with Crippen molar-refractivity contribution in [2.24, 2.45) is 0 Å². The monoisotopic (exact) mass is 273 g/mol. The predicted molar refractivity (Wildman–Crippen MR) is 73.8 cm³/mol. The van der Waals surface area contributed by atoms with E-state index in [0.717, 1.165) is 10.9 Å². The molecule has 1 aromatic carbocycles. The molecule has 0 aliphatic carbocycles. The third-order valence-corrected chi connectivity index (χ3v) is 3.60. The molecule has 1 fully saturated rings. The smallest absolute Gasteiger partial charge is 0.407 e. The number of hydrogen-bond acceptors (Lipinski definition) is 2. The molecule has 0 spiro atoms. The summed E-state index contributed by atoms with van der Waals surface area (Å²) in [6, 6.07) is 9.55. The minimum atomic E-state index is -0.928. The molecule has 0 unspecified atom stereocenters. The van der Waals surface area contributed by atoms with Gasteiger partial charge in [0, 0.05) is 37.1 Å². The molecule has 2 heterocycles. The molecular formula is C14H15N3O3. The zero-order valence-electron chi connectivity index (χ0n) is 10.9. The minimum absolute atomic E-state index is 0.0776. The highest BCUT2D eigenvalue weighted by molar-refractivity contribution is 5.98. The highest BCUT2D eigenvalue weighted by atomic mass is 16.4. The summed E-state index contributed by atoms with van der Waals surface area (Å²) >= 11 is 0. The number of H-pyrrole nitrogens is 1. The molecule has 20 heavy (non-hydrogen) atoms. The zero-order valence-corrected chi connectivity index (χ0v) is 10.9. The second-order valence-electron chi connectivity index (χ2n) is 4.83. The van der Waals surface area contributed by atoms with Gasteiger partial charge in [0.2, 0.25) is 0 Å². The van der Waals surface area contributed by atoms with E-state index in [2.05, 4.69) is 4.98 Å². The fourth-order valence-electron chi connectivity index (χ4n) is 2.46. The summed E-state index contributed by atoms with van der Waals surface area (Å²) in [4.78, 5) is 29.3. The summed E-state index contributed by atoms with van der Waals surface area (Å²) in [6.07, 6.45) is -0.928. The van der Waals surface area contributed by atoms with Crippen LogP contribution in [0.15, 0.2) is 30.3 Å². The maximum atomic E-state index is 12.4. The molecular weight excluding hydrogens is 258 g/mol. The average Bonchev–Trinajstić information content (AvgIpc) is 2.90. The molecule has 104 valence electrons.